The molecule has 112 valence electrons. The summed E-state index contributed by atoms with van der Waals surface area (Å²) in [4.78, 5) is 12.1. The van der Waals surface area contributed by atoms with Crippen LogP contribution in [0.2, 0.25) is 0 Å². The first-order chi connectivity index (χ1) is 10.7. The van der Waals surface area contributed by atoms with Crippen LogP contribution in [0.25, 0.3) is 5.65 Å². The zero-order valence-electron chi connectivity index (χ0n) is 12.1. The van der Waals surface area contributed by atoms with Gasteiger partial charge in [-0.15, -0.1) is 10.2 Å². The Bertz CT molecular complexity index is 772. The molecule has 0 aliphatic rings. The topological polar surface area (TPSA) is 59.3 Å². The average Bonchev–Trinajstić information content (AvgIpc) is 2.97. The van der Waals surface area contributed by atoms with E-state index in [1.807, 2.05) is 66.1 Å². The van der Waals surface area contributed by atoms with E-state index in [1.54, 1.807) is 0 Å². The van der Waals surface area contributed by atoms with E-state index in [4.69, 9.17) is 0 Å². The zero-order valence-corrected chi connectivity index (χ0v) is 13.0. The van der Waals surface area contributed by atoms with Crippen molar-refractivity contribution in [2.24, 2.45) is 0 Å². The molecule has 1 amide bonds. The number of fused-ring (bicyclic) bond motifs is 1. The number of pyridine rings is 1. The molecule has 2 heterocycles. The Labute approximate surface area is 132 Å². The van der Waals surface area contributed by atoms with Crippen molar-refractivity contribution in [1.82, 2.24) is 19.9 Å². The summed E-state index contributed by atoms with van der Waals surface area (Å²) < 4.78 is 1.87. The normalized spacial score (nSPS) is 12.2. The molecule has 3 rings (SSSR count). The van der Waals surface area contributed by atoms with E-state index in [-0.39, 0.29) is 11.9 Å². The second-order valence-corrected chi connectivity index (χ2v) is 5.84. The largest absolute Gasteiger partial charge is 0.349 e. The van der Waals surface area contributed by atoms with Gasteiger partial charge in [0.25, 0.3) is 0 Å². The predicted octanol–water partition coefficient (Wildman–Crippen LogP) is 2.70. The number of carbonyl (C=O) groups is 1. The van der Waals surface area contributed by atoms with Crippen molar-refractivity contribution in [2.45, 2.75) is 18.1 Å². The van der Waals surface area contributed by atoms with Crippen LogP contribution in [-0.4, -0.2) is 26.3 Å². The fraction of sp³-hybridized carbons (Fsp3) is 0.188. The number of benzene rings is 1. The molecule has 0 aliphatic heterocycles. The van der Waals surface area contributed by atoms with Gasteiger partial charge in [0, 0.05) is 6.20 Å². The minimum absolute atomic E-state index is 0.00977. The number of thioether (sulfide) groups is 1. The van der Waals surface area contributed by atoms with Gasteiger partial charge in [0.15, 0.2) is 10.8 Å². The fourth-order valence-electron chi connectivity index (χ4n) is 2.16. The highest BCUT2D eigenvalue weighted by molar-refractivity contribution is 7.99. The van der Waals surface area contributed by atoms with Crippen molar-refractivity contribution >= 4 is 23.3 Å². The summed E-state index contributed by atoms with van der Waals surface area (Å²) in [5.41, 5.74) is 1.87. The summed E-state index contributed by atoms with van der Waals surface area (Å²) in [5, 5.41) is 11.9. The minimum Gasteiger partial charge on any atom is -0.349 e. The first kappa shape index (κ1) is 14.6. The molecule has 0 fully saturated rings. The van der Waals surface area contributed by atoms with Gasteiger partial charge < -0.3 is 5.32 Å². The molecular weight excluding hydrogens is 296 g/mol. The average molecular weight is 312 g/mol. The van der Waals surface area contributed by atoms with Gasteiger partial charge in [0.2, 0.25) is 5.91 Å². The molecule has 5 nitrogen and oxygen atoms in total. The number of aromatic nitrogens is 3. The molecule has 1 aromatic carbocycles. The van der Waals surface area contributed by atoms with E-state index < -0.39 is 0 Å². The fourth-order valence-corrected chi connectivity index (χ4v) is 2.89. The van der Waals surface area contributed by atoms with Crippen molar-refractivity contribution < 1.29 is 4.79 Å². The molecule has 3 aromatic rings. The lowest BCUT2D eigenvalue weighted by Gasteiger charge is -2.13. The van der Waals surface area contributed by atoms with Gasteiger partial charge in [-0.05, 0) is 24.6 Å². The number of hydrogen-bond donors (Lipinski definition) is 1. The maximum absolute atomic E-state index is 12.1. The summed E-state index contributed by atoms with van der Waals surface area (Å²) in [6.07, 6.45) is 1.89. The van der Waals surface area contributed by atoms with Crippen LogP contribution in [0.15, 0.2) is 59.9 Å². The maximum Gasteiger partial charge on any atom is 0.230 e. The first-order valence-electron chi connectivity index (χ1n) is 7.01. The molecule has 0 saturated carbocycles. The molecule has 1 atom stereocenters. The van der Waals surface area contributed by atoms with Crippen LogP contribution in [0.3, 0.4) is 0 Å². The summed E-state index contributed by atoms with van der Waals surface area (Å²) in [6.45, 7) is 1.98. The summed E-state index contributed by atoms with van der Waals surface area (Å²) >= 11 is 1.38. The van der Waals surface area contributed by atoms with Crippen LogP contribution >= 0.6 is 11.8 Å². The lowest BCUT2D eigenvalue weighted by atomic mass is 10.1. The molecule has 0 saturated heterocycles. The third-order valence-electron chi connectivity index (χ3n) is 3.29. The maximum atomic E-state index is 12.1. The number of nitrogens with zero attached hydrogens (tertiary/aromatic N) is 3. The van der Waals surface area contributed by atoms with Crippen LogP contribution in [0.5, 0.6) is 0 Å². The van der Waals surface area contributed by atoms with Gasteiger partial charge in [-0.25, -0.2) is 0 Å². The van der Waals surface area contributed by atoms with Crippen LogP contribution in [0.4, 0.5) is 0 Å². The third-order valence-corrected chi connectivity index (χ3v) is 4.23. The van der Waals surface area contributed by atoms with E-state index in [9.17, 15) is 4.79 Å². The summed E-state index contributed by atoms with van der Waals surface area (Å²) in [6, 6.07) is 15.6. The molecular formula is C16H16N4OS. The standard InChI is InChI=1S/C16H16N4OS/c1-12(13-7-3-2-4-8-13)17-15(21)11-22-16-19-18-14-9-5-6-10-20(14)16/h2-10,12H,11H2,1H3,(H,17,21). The lowest BCUT2D eigenvalue weighted by molar-refractivity contribution is -0.119. The highest BCUT2D eigenvalue weighted by Crippen LogP contribution is 2.17. The Balaban J connectivity index is 1.58. The Hall–Kier alpha value is -2.34. The Morgan fingerprint density at radius 1 is 1.18 bits per heavy atom. The van der Waals surface area contributed by atoms with Crippen molar-refractivity contribution in [3.05, 3.63) is 60.3 Å². The van der Waals surface area contributed by atoms with Crippen molar-refractivity contribution in [3.8, 4) is 0 Å². The van der Waals surface area contributed by atoms with E-state index in [0.717, 1.165) is 16.4 Å². The quantitative estimate of drug-likeness (QED) is 0.736. The van der Waals surface area contributed by atoms with E-state index >= 15 is 0 Å². The Kier molecular flexibility index (Phi) is 4.39. The molecule has 2 aromatic heterocycles. The van der Waals surface area contributed by atoms with Gasteiger partial charge in [-0.1, -0.05) is 48.2 Å². The van der Waals surface area contributed by atoms with Crippen molar-refractivity contribution in [3.63, 3.8) is 0 Å². The summed E-state index contributed by atoms with van der Waals surface area (Å²) in [7, 11) is 0. The number of hydrogen-bond acceptors (Lipinski definition) is 4. The first-order valence-corrected chi connectivity index (χ1v) is 7.99. The van der Waals surface area contributed by atoms with E-state index in [1.165, 1.54) is 11.8 Å². The van der Waals surface area contributed by atoms with Gasteiger partial charge in [-0.2, -0.15) is 0 Å². The molecule has 0 radical (unpaired) electrons. The van der Waals surface area contributed by atoms with Crippen LogP contribution in [-0.2, 0) is 4.79 Å². The van der Waals surface area contributed by atoms with Crippen molar-refractivity contribution in [1.29, 1.82) is 0 Å². The molecule has 22 heavy (non-hydrogen) atoms. The molecule has 0 bridgehead atoms. The second kappa shape index (κ2) is 6.62. The monoisotopic (exact) mass is 312 g/mol. The highest BCUT2D eigenvalue weighted by atomic mass is 32.2. The van der Waals surface area contributed by atoms with Gasteiger partial charge in [0.05, 0.1) is 11.8 Å². The second-order valence-electron chi connectivity index (χ2n) is 4.90. The molecule has 1 N–H and O–H groups in total. The van der Waals surface area contributed by atoms with Crippen LogP contribution < -0.4 is 5.32 Å². The zero-order chi connectivity index (χ0) is 15.4. The number of rotatable bonds is 5. The lowest BCUT2D eigenvalue weighted by Crippen LogP contribution is -2.28. The minimum atomic E-state index is -0.0194. The Morgan fingerprint density at radius 2 is 1.95 bits per heavy atom. The molecule has 6 heteroatoms. The van der Waals surface area contributed by atoms with E-state index in [2.05, 4.69) is 15.5 Å². The Morgan fingerprint density at radius 3 is 2.77 bits per heavy atom. The number of nitrogens with one attached hydrogen (secondary N) is 1. The molecule has 0 spiro atoms. The van der Waals surface area contributed by atoms with Gasteiger partial charge in [-0.3, -0.25) is 9.20 Å². The van der Waals surface area contributed by atoms with Crippen LogP contribution in [0.1, 0.15) is 18.5 Å². The predicted molar refractivity (Wildman–Crippen MR) is 86.7 cm³/mol. The highest BCUT2D eigenvalue weighted by Gasteiger charge is 2.12. The SMILES string of the molecule is CC(NC(=O)CSc1nnc2ccccn12)c1ccccc1. The van der Waals surface area contributed by atoms with Gasteiger partial charge in [0.1, 0.15) is 0 Å². The summed E-state index contributed by atoms with van der Waals surface area (Å²) in [5.74, 6) is 0.293. The smallest absolute Gasteiger partial charge is 0.230 e. The third kappa shape index (κ3) is 3.28. The number of carbonyl (C=O) groups excluding carboxylic acids is 1. The van der Waals surface area contributed by atoms with Gasteiger partial charge >= 0.3 is 0 Å². The van der Waals surface area contributed by atoms with E-state index in [0.29, 0.717) is 5.75 Å². The molecule has 0 aliphatic carbocycles. The van der Waals surface area contributed by atoms with Crippen LogP contribution in [0, 0.1) is 0 Å². The van der Waals surface area contributed by atoms with Crippen molar-refractivity contribution in [2.75, 3.05) is 5.75 Å². The molecule has 1 unspecified atom stereocenters. The number of amides is 1.